The molecule has 3 aromatic rings. The van der Waals surface area contributed by atoms with Gasteiger partial charge in [-0.15, -0.1) is 0 Å². The minimum Gasteiger partial charge on any atom is -0.387 e. The number of nitrogens with one attached hydrogen (secondary N) is 3. The molecule has 4 N–H and O–H groups in total. The van der Waals surface area contributed by atoms with Crippen molar-refractivity contribution < 1.29 is 23.9 Å². The molecule has 40 heavy (non-hydrogen) atoms. The van der Waals surface area contributed by atoms with Crippen molar-refractivity contribution in [1.29, 1.82) is 0 Å². The average molecular weight is 571 g/mol. The van der Waals surface area contributed by atoms with Crippen LogP contribution in [0, 0.1) is 5.82 Å². The van der Waals surface area contributed by atoms with Crippen LogP contribution in [0.15, 0.2) is 36.4 Å². The second-order valence-corrected chi connectivity index (χ2v) is 10.7. The number of benzene rings is 2. The Morgan fingerprint density at radius 2 is 2.05 bits per heavy atom. The van der Waals surface area contributed by atoms with Gasteiger partial charge < -0.3 is 26.0 Å². The molecule has 1 aliphatic carbocycles. The fourth-order valence-corrected chi connectivity index (χ4v) is 5.16. The Kier molecular flexibility index (Phi) is 8.34. The lowest BCUT2D eigenvalue weighted by Crippen LogP contribution is -2.43. The van der Waals surface area contributed by atoms with Crippen LogP contribution in [0.4, 0.5) is 10.1 Å². The van der Waals surface area contributed by atoms with Gasteiger partial charge in [-0.05, 0) is 63.4 Å². The molecule has 212 valence electrons. The summed E-state index contributed by atoms with van der Waals surface area (Å²) in [6.45, 7) is 2.05. The molecular weight excluding hydrogens is 539 g/mol. The first-order valence-electron chi connectivity index (χ1n) is 13.4. The van der Waals surface area contributed by atoms with Crippen molar-refractivity contribution in [2.45, 2.75) is 63.9 Å². The number of fused-ring (bicyclic) bond motifs is 1. The number of aliphatic hydroxyl groups excluding tert-OH is 1. The summed E-state index contributed by atoms with van der Waals surface area (Å²) in [6.07, 6.45) is 2.40. The van der Waals surface area contributed by atoms with E-state index < -0.39 is 17.8 Å². The molecule has 2 heterocycles. The van der Waals surface area contributed by atoms with Gasteiger partial charge in [-0.2, -0.15) is 5.10 Å². The minimum absolute atomic E-state index is 0.0233. The van der Waals surface area contributed by atoms with E-state index in [0.29, 0.717) is 22.3 Å². The summed E-state index contributed by atoms with van der Waals surface area (Å²) >= 11 is 5.82. The predicted octanol–water partition coefficient (Wildman–Crippen LogP) is 2.88. The Balaban J connectivity index is 1.28. The van der Waals surface area contributed by atoms with Crippen molar-refractivity contribution in [2.75, 3.05) is 18.4 Å². The van der Waals surface area contributed by atoms with Crippen molar-refractivity contribution in [3.63, 3.8) is 0 Å². The summed E-state index contributed by atoms with van der Waals surface area (Å²) in [5.74, 6) is -1.41. The Bertz CT molecular complexity index is 1430. The number of halogens is 2. The third-order valence-electron chi connectivity index (χ3n) is 7.23. The zero-order valence-corrected chi connectivity index (χ0v) is 22.9. The van der Waals surface area contributed by atoms with Crippen LogP contribution in [0.2, 0.25) is 5.02 Å². The fraction of sp³-hybridized carbons (Fsp3) is 0.429. The molecule has 2 aromatic carbocycles. The normalized spacial score (nSPS) is 17.6. The van der Waals surface area contributed by atoms with Crippen molar-refractivity contribution >= 4 is 45.9 Å². The lowest BCUT2D eigenvalue weighted by atomic mass is 10.1. The van der Waals surface area contributed by atoms with Crippen molar-refractivity contribution in [3.8, 4) is 0 Å². The van der Waals surface area contributed by atoms with Gasteiger partial charge in [-0.25, -0.2) is 4.39 Å². The van der Waals surface area contributed by atoms with Gasteiger partial charge in [0.25, 0.3) is 0 Å². The van der Waals surface area contributed by atoms with Gasteiger partial charge in [-0.1, -0.05) is 23.7 Å². The molecule has 2 unspecified atom stereocenters. The number of aliphatic hydroxyl groups is 1. The smallest absolute Gasteiger partial charge is 0.245 e. The van der Waals surface area contributed by atoms with E-state index >= 15 is 0 Å². The molecule has 0 bridgehead atoms. The molecule has 5 rings (SSSR count). The summed E-state index contributed by atoms with van der Waals surface area (Å²) in [5.41, 5.74) is 1.84. The molecule has 1 aliphatic heterocycles. The Hall–Kier alpha value is -3.54. The zero-order valence-electron chi connectivity index (χ0n) is 22.1. The lowest BCUT2D eigenvalue weighted by molar-refractivity contribution is -0.137. The molecule has 10 nitrogen and oxygen atoms in total. The topological polar surface area (TPSA) is 129 Å². The quantitative estimate of drug-likeness (QED) is 0.297. The second-order valence-electron chi connectivity index (χ2n) is 10.3. The number of rotatable bonds is 10. The van der Waals surface area contributed by atoms with Crippen molar-refractivity contribution in [3.05, 3.63) is 58.5 Å². The van der Waals surface area contributed by atoms with Crippen LogP contribution < -0.4 is 16.0 Å². The zero-order chi connectivity index (χ0) is 28.4. The second kappa shape index (κ2) is 11.9. The largest absolute Gasteiger partial charge is 0.387 e. The number of anilines is 1. The van der Waals surface area contributed by atoms with Crippen LogP contribution in [0.1, 0.15) is 50.0 Å². The summed E-state index contributed by atoms with van der Waals surface area (Å²) < 4.78 is 15.7. The van der Waals surface area contributed by atoms with Crippen LogP contribution >= 0.6 is 11.6 Å². The summed E-state index contributed by atoms with van der Waals surface area (Å²) in [5, 5.41) is 24.2. The Morgan fingerprint density at radius 3 is 2.75 bits per heavy atom. The van der Waals surface area contributed by atoms with E-state index in [1.807, 2.05) is 0 Å². The molecule has 12 heteroatoms. The highest BCUT2D eigenvalue weighted by Crippen LogP contribution is 2.29. The van der Waals surface area contributed by atoms with Crippen molar-refractivity contribution in [2.24, 2.45) is 0 Å². The third-order valence-corrected chi connectivity index (χ3v) is 7.53. The number of carbonyl (C=O) groups is 3. The maximum Gasteiger partial charge on any atom is 0.245 e. The third kappa shape index (κ3) is 6.27. The Labute approximate surface area is 235 Å². The maximum absolute atomic E-state index is 14.2. The van der Waals surface area contributed by atoms with Gasteiger partial charge in [0.1, 0.15) is 12.4 Å². The van der Waals surface area contributed by atoms with Gasteiger partial charge in [0.2, 0.25) is 17.7 Å². The average Bonchev–Trinajstić information content (AvgIpc) is 3.48. The van der Waals surface area contributed by atoms with E-state index in [0.717, 1.165) is 32.2 Å². The molecule has 0 spiro atoms. The van der Waals surface area contributed by atoms with Crippen molar-refractivity contribution in [1.82, 2.24) is 25.3 Å². The van der Waals surface area contributed by atoms with Crippen LogP contribution in [0.25, 0.3) is 10.9 Å². The van der Waals surface area contributed by atoms with Gasteiger partial charge in [0.05, 0.1) is 34.9 Å². The summed E-state index contributed by atoms with van der Waals surface area (Å²) in [6, 6.07) is 9.54. The van der Waals surface area contributed by atoms with Gasteiger partial charge in [0, 0.05) is 29.2 Å². The van der Waals surface area contributed by atoms with Crippen LogP contribution in [-0.4, -0.2) is 62.7 Å². The monoisotopic (exact) mass is 570 g/mol. The Morgan fingerprint density at radius 1 is 1.25 bits per heavy atom. The molecule has 2 fully saturated rings. The van der Waals surface area contributed by atoms with E-state index in [2.05, 4.69) is 21.0 Å². The number of hydrogen-bond donors (Lipinski definition) is 4. The molecule has 1 saturated heterocycles. The maximum atomic E-state index is 14.2. The van der Waals surface area contributed by atoms with E-state index in [-0.39, 0.29) is 54.1 Å². The summed E-state index contributed by atoms with van der Waals surface area (Å²) in [4.78, 5) is 40.1. The van der Waals surface area contributed by atoms with E-state index in [1.165, 1.54) is 21.7 Å². The van der Waals surface area contributed by atoms with E-state index in [1.54, 1.807) is 31.2 Å². The number of aromatic nitrogens is 2. The highest BCUT2D eigenvalue weighted by Gasteiger charge is 2.34. The first-order valence-corrected chi connectivity index (χ1v) is 13.8. The number of amides is 3. The molecule has 0 radical (unpaired) electrons. The molecule has 1 saturated carbocycles. The highest BCUT2D eigenvalue weighted by molar-refractivity contribution is 6.30. The van der Waals surface area contributed by atoms with Crippen LogP contribution in [0.5, 0.6) is 0 Å². The van der Waals surface area contributed by atoms with E-state index in [9.17, 15) is 23.9 Å². The molecular formula is C28H32ClFN6O4. The first-order chi connectivity index (χ1) is 19.2. The first kappa shape index (κ1) is 28.0. The lowest BCUT2D eigenvalue weighted by Gasteiger charge is -2.22. The molecule has 3 amide bonds. The van der Waals surface area contributed by atoms with Gasteiger partial charge in [0.15, 0.2) is 0 Å². The summed E-state index contributed by atoms with van der Waals surface area (Å²) in [7, 11) is 0. The van der Waals surface area contributed by atoms with Crippen LogP contribution in [0.3, 0.4) is 0 Å². The van der Waals surface area contributed by atoms with Gasteiger partial charge >= 0.3 is 0 Å². The number of carbonyl (C=O) groups excluding carboxylic acids is 3. The standard InChI is InChI=1S/C28H32ClFN6O4/c1-16(37)27-20-12-18(33-28(40)22-6-3-11-31-22)7-10-23(20)36(34-27)15-25(39)35(19-8-9-19)14-24(38)32-13-17-4-2-5-21(29)26(17)30/h2,4-5,7,10,12,16,19,22,31,37H,3,6,8-9,11,13-15H2,1H3,(H,32,38)(H,33,40). The SMILES string of the molecule is CC(O)c1nn(CC(=O)N(CC(=O)NCc2cccc(Cl)c2F)C2CC2)c2ccc(NC(=O)C3CCCN3)cc12. The molecule has 2 atom stereocenters. The minimum atomic E-state index is -0.904. The number of nitrogens with zero attached hydrogens (tertiary/aromatic N) is 3. The molecule has 2 aliphatic rings. The van der Waals surface area contributed by atoms with Gasteiger partial charge in [-0.3, -0.25) is 19.1 Å². The number of hydrogen-bond acceptors (Lipinski definition) is 6. The van der Waals surface area contributed by atoms with E-state index in [4.69, 9.17) is 11.6 Å². The van der Waals surface area contributed by atoms with Crippen LogP contribution in [-0.2, 0) is 27.5 Å². The fourth-order valence-electron chi connectivity index (χ4n) is 4.96. The predicted molar refractivity (Wildman–Crippen MR) is 148 cm³/mol. The molecule has 1 aromatic heterocycles. The highest BCUT2D eigenvalue weighted by atomic mass is 35.5.